The van der Waals surface area contributed by atoms with Gasteiger partial charge in [0.1, 0.15) is 0 Å². The number of fused-ring (bicyclic) bond motifs is 2. The predicted octanol–water partition coefficient (Wildman–Crippen LogP) is 2.28. The molecule has 0 aromatic carbocycles. The van der Waals surface area contributed by atoms with Crippen molar-refractivity contribution in [3.05, 3.63) is 34.5 Å². The molecule has 1 aromatic rings. The Morgan fingerprint density at radius 3 is 2.50 bits per heavy atom. The first-order valence-corrected chi connectivity index (χ1v) is 7.76. The first-order chi connectivity index (χ1) is 9.66. The van der Waals surface area contributed by atoms with E-state index in [4.69, 9.17) is 0 Å². The molecule has 20 heavy (non-hydrogen) atoms. The number of rotatable bonds is 4. The molecule has 1 aromatic heterocycles. The van der Waals surface area contributed by atoms with Gasteiger partial charge in [0.05, 0.1) is 18.4 Å². The summed E-state index contributed by atoms with van der Waals surface area (Å²) in [5.74, 6) is -1.87. The molecule has 0 radical (unpaired) electrons. The van der Waals surface area contributed by atoms with E-state index >= 15 is 0 Å². The summed E-state index contributed by atoms with van der Waals surface area (Å²) >= 11 is 1.59. The fraction of sp³-hybridized carbons (Fsp3) is 0.467. The van der Waals surface area contributed by atoms with Crippen LogP contribution in [0.2, 0.25) is 0 Å². The Bertz CT molecular complexity index is 537. The molecular formula is C15H17NO3S. The van der Waals surface area contributed by atoms with Gasteiger partial charge in [0.25, 0.3) is 0 Å². The summed E-state index contributed by atoms with van der Waals surface area (Å²) in [5, 5.41) is 14.3. The molecule has 1 heterocycles. The highest BCUT2D eigenvalue weighted by molar-refractivity contribution is 7.09. The summed E-state index contributed by atoms with van der Waals surface area (Å²) in [6, 6.07) is 3.91. The van der Waals surface area contributed by atoms with E-state index in [0.29, 0.717) is 6.54 Å². The van der Waals surface area contributed by atoms with Crippen LogP contribution in [0.1, 0.15) is 17.7 Å². The minimum absolute atomic E-state index is 0.00925. The number of hydrogen-bond acceptors (Lipinski definition) is 3. The smallest absolute Gasteiger partial charge is 0.307 e. The van der Waals surface area contributed by atoms with Gasteiger partial charge in [0.2, 0.25) is 5.91 Å². The van der Waals surface area contributed by atoms with Crippen molar-refractivity contribution in [1.82, 2.24) is 5.32 Å². The van der Waals surface area contributed by atoms with Gasteiger partial charge in [0.15, 0.2) is 0 Å². The lowest BCUT2D eigenvalue weighted by Crippen LogP contribution is -2.48. The first-order valence-electron chi connectivity index (χ1n) is 6.88. The van der Waals surface area contributed by atoms with Crippen LogP contribution in [0, 0.1) is 23.7 Å². The maximum absolute atomic E-state index is 12.4. The molecule has 3 aliphatic carbocycles. The average Bonchev–Trinajstić information content (AvgIpc) is 2.98. The van der Waals surface area contributed by atoms with Gasteiger partial charge in [-0.15, -0.1) is 11.3 Å². The Balaban J connectivity index is 1.72. The van der Waals surface area contributed by atoms with Crippen LogP contribution in [0.25, 0.3) is 0 Å². The van der Waals surface area contributed by atoms with Crippen LogP contribution >= 0.6 is 11.3 Å². The topological polar surface area (TPSA) is 66.4 Å². The van der Waals surface area contributed by atoms with Gasteiger partial charge in [0, 0.05) is 4.88 Å². The molecular weight excluding hydrogens is 274 g/mol. The quantitative estimate of drug-likeness (QED) is 0.836. The molecule has 5 heteroatoms. The number of carboxylic acids is 1. The second kappa shape index (κ2) is 5.40. The number of aliphatic carboxylic acids is 1. The number of carbonyl (C=O) groups excluding carboxylic acids is 1. The van der Waals surface area contributed by atoms with Gasteiger partial charge >= 0.3 is 5.97 Å². The van der Waals surface area contributed by atoms with E-state index in [9.17, 15) is 14.7 Å². The highest BCUT2D eigenvalue weighted by atomic mass is 32.1. The third-order valence-electron chi connectivity index (χ3n) is 4.35. The predicted molar refractivity (Wildman–Crippen MR) is 76.1 cm³/mol. The molecule has 1 amide bonds. The summed E-state index contributed by atoms with van der Waals surface area (Å²) in [4.78, 5) is 25.0. The second-order valence-electron chi connectivity index (χ2n) is 5.48. The van der Waals surface area contributed by atoms with E-state index in [1.54, 1.807) is 11.3 Å². The summed E-state index contributed by atoms with van der Waals surface area (Å²) in [6.07, 6.45) is 5.81. The fourth-order valence-corrected chi connectivity index (χ4v) is 4.04. The third-order valence-corrected chi connectivity index (χ3v) is 5.23. The minimum atomic E-state index is -0.847. The summed E-state index contributed by atoms with van der Waals surface area (Å²) in [6.45, 7) is 0.487. The number of carbonyl (C=O) groups is 2. The van der Waals surface area contributed by atoms with Crippen molar-refractivity contribution in [1.29, 1.82) is 0 Å². The van der Waals surface area contributed by atoms with E-state index in [0.717, 1.165) is 17.7 Å². The largest absolute Gasteiger partial charge is 0.481 e. The van der Waals surface area contributed by atoms with E-state index in [1.807, 2.05) is 29.7 Å². The van der Waals surface area contributed by atoms with Crippen LogP contribution in [0.4, 0.5) is 0 Å². The van der Waals surface area contributed by atoms with Crippen LogP contribution < -0.4 is 5.32 Å². The van der Waals surface area contributed by atoms with Crippen molar-refractivity contribution in [2.45, 2.75) is 19.4 Å². The lowest BCUT2D eigenvalue weighted by molar-refractivity contribution is -0.153. The van der Waals surface area contributed by atoms with Gasteiger partial charge in [-0.05, 0) is 36.1 Å². The van der Waals surface area contributed by atoms with Crippen molar-refractivity contribution in [3.8, 4) is 0 Å². The van der Waals surface area contributed by atoms with Crippen molar-refractivity contribution in [3.63, 3.8) is 0 Å². The maximum atomic E-state index is 12.4. The lowest BCUT2D eigenvalue weighted by Gasteiger charge is -2.41. The van der Waals surface area contributed by atoms with Gasteiger partial charge in [-0.3, -0.25) is 9.59 Å². The molecule has 0 aliphatic heterocycles. The molecule has 4 nitrogen and oxygen atoms in total. The van der Waals surface area contributed by atoms with E-state index in [-0.39, 0.29) is 17.7 Å². The molecule has 106 valence electrons. The zero-order valence-corrected chi connectivity index (χ0v) is 11.8. The highest BCUT2D eigenvalue weighted by Gasteiger charge is 2.48. The number of allylic oxidation sites excluding steroid dienone is 2. The van der Waals surface area contributed by atoms with Gasteiger partial charge in [-0.25, -0.2) is 0 Å². The van der Waals surface area contributed by atoms with Crippen molar-refractivity contribution in [2.75, 3.05) is 0 Å². The highest BCUT2D eigenvalue weighted by Crippen LogP contribution is 2.45. The zero-order chi connectivity index (χ0) is 14.1. The molecule has 0 unspecified atom stereocenters. The number of amides is 1. The molecule has 0 saturated heterocycles. The van der Waals surface area contributed by atoms with Crippen LogP contribution in [0.5, 0.6) is 0 Å². The van der Waals surface area contributed by atoms with Crippen molar-refractivity contribution in [2.24, 2.45) is 23.7 Å². The van der Waals surface area contributed by atoms with E-state index in [1.165, 1.54) is 0 Å². The standard InChI is InChI=1S/C15H17NO3S/c17-14(16-8-11-2-1-7-20-11)12-9-3-5-10(6-4-9)13(12)15(18)19/h1-3,5,7,9-10,12-13H,4,6,8H2,(H,16,17)(H,18,19)/t9-,10-,12-,13+/m1/s1. The van der Waals surface area contributed by atoms with Gasteiger partial charge < -0.3 is 10.4 Å². The van der Waals surface area contributed by atoms with Crippen LogP contribution in [0.3, 0.4) is 0 Å². The van der Waals surface area contributed by atoms with Gasteiger partial charge in [-0.2, -0.15) is 0 Å². The van der Waals surface area contributed by atoms with Crippen molar-refractivity contribution >= 4 is 23.2 Å². The summed E-state index contributed by atoms with van der Waals surface area (Å²) in [5.41, 5.74) is 0. The first kappa shape index (κ1) is 13.4. The normalized spacial score (nSPS) is 31.2. The Labute approximate surface area is 121 Å². The third kappa shape index (κ3) is 2.38. The van der Waals surface area contributed by atoms with Crippen LogP contribution in [-0.2, 0) is 16.1 Å². The molecule has 0 spiro atoms. The lowest BCUT2D eigenvalue weighted by atomic mass is 9.62. The Hall–Kier alpha value is -1.62. The Morgan fingerprint density at radius 2 is 1.95 bits per heavy atom. The molecule has 1 saturated carbocycles. The maximum Gasteiger partial charge on any atom is 0.307 e. The van der Waals surface area contributed by atoms with Crippen LogP contribution in [0.15, 0.2) is 29.7 Å². The van der Waals surface area contributed by atoms with Crippen LogP contribution in [-0.4, -0.2) is 17.0 Å². The molecule has 4 atom stereocenters. The monoisotopic (exact) mass is 291 g/mol. The molecule has 2 bridgehead atoms. The SMILES string of the molecule is O=C(O)[C@@H]1[C@H](C(=O)NCc2cccs2)[C@@H]2C=C[C@@H]1CC2. The molecule has 1 fully saturated rings. The fourth-order valence-electron chi connectivity index (χ4n) is 3.39. The Morgan fingerprint density at radius 1 is 1.25 bits per heavy atom. The molecule has 4 rings (SSSR count). The van der Waals surface area contributed by atoms with E-state index < -0.39 is 17.8 Å². The minimum Gasteiger partial charge on any atom is -0.481 e. The molecule has 3 aliphatic rings. The number of thiophene rings is 1. The number of hydrogen-bond donors (Lipinski definition) is 2. The average molecular weight is 291 g/mol. The summed E-state index contributed by atoms with van der Waals surface area (Å²) < 4.78 is 0. The van der Waals surface area contributed by atoms with Gasteiger partial charge in [-0.1, -0.05) is 18.2 Å². The number of carboxylic acid groups (broad SMARTS) is 1. The second-order valence-corrected chi connectivity index (χ2v) is 6.51. The number of nitrogens with one attached hydrogen (secondary N) is 1. The zero-order valence-electron chi connectivity index (χ0n) is 11.0. The van der Waals surface area contributed by atoms with Crippen molar-refractivity contribution < 1.29 is 14.7 Å². The molecule has 2 N–H and O–H groups in total. The van der Waals surface area contributed by atoms with E-state index in [2.05, 4.69) is 5.32 Å². The summed E-state index contributed by atoms with van der Waals surface area (Å²) in [7, 11) is 0. The Kier molecular flexibility index (Phi) is 3.61.